The highest BCUT2D eigenvalue weighted by Gasteiger charge is 2.41. The molecule has 2 aliphatic rings. The number of thiocarbonyl (C=S) groups is 1. The van der Waals surface area contributed by atoms with Gasteiger partial charge in [0.15, 0.2) is 0 Å². The maximum Gasteiger partial charge on any atom is 0.137 e. The normalized spacial score (nSPS) is 25.7. The third-order valence-corrected chi connectivity index (χ3v) is 4.34. The number of ether oxygens (including phenoxy) is 1. The molecule has 0 spiro atoms. The second-order valence-electron chi connectivity index (χ2n) is 5.88. The number of nitrogens with one attached hydrogen (secondary N) is 1. The zero-order chi connectivity index (χ0) is 14.3. The summed E-state index contributed by atoms with van der Waals surface area (Å²) in [6.07, 6.45) is 3.90. The van der Waals surface area contributed by atoms with E-state index in [1.807, 2.05) is 19.9 Å². The van der Waals surface area contributed by atoms with Crippen molar-refractivity contribution in [1.82, 2.24) is 4.98 Å². The Labute approximate surface area is 125 Å². The lowest BCUT2D eigenvalue weighted by Gasteiger charge is -2.22. The van der Waals surface area contributed by atoms with Crippen LogP contribution in [-0.2, 0) is 4.74 Å². The van der Waals surface area contributed by atoms with Crippen LogP contribution in [0.15, 0.2) is 6.07 Å². The Morgan fingerprint density at radius 3 is 2.80 bits per heavy atom. The van der Waals surface area contributed by atoms with Crippen molar-refractivity contribution >= 4 is 23.0 Å². The van der Waals surface area contributed by atoms with E-state index in [9.17, 15) is 0 Å². The molecule has 4 nitrogen and oxygen atoms in total. The highest BCUT2D eigenvalue weighted by atomic mass is 32.1. The standard InChI is InChI=1S/C15H21N3OS/c1-8-7-9(2)17-15(12(8)14(16)20)18-11-5-6-19-13(11)10-3-4-10/h7,10-11,13H,3-6H2,1-2H3,(H2,16,20)(H,17,18). The van der Waals surface area contributed by atoms with Gasteiger partial charge in [-0.3, -0.25) is 0 Å². The molecule has 3 rings (SSSR count). The number of anilines is 1. The lowest BCUT2D eigenvalue weighted by Crippen LogP contribution is -2.32. The van der Waals surface area contributed by atoms with Gasteiger partial charge in [0.1, 0.15) is 10.8 Å². The minimum Gasteiger partial charge on any atom is -0.389 e. The highest BCUT2D eigenvalue weighted by Crippen LogP contribution is 2.39. The first kappa shape index (κ1) is 13.8. The molecular formula is C15H21N3OS. The number of nitrogens with zero attached hydrogens (tertiary/aromatic N) is 1. The number of nitrogens with two attached hydrogens (primary N) is 1. The molecule has 2 fully saturated rings. The summed E-state index contributed by atoms with van der Waals surface area (Å²) in [5.41, 5.74) is 8.79. The first-order valence-corrected chi connectivity index (χ1v) is 7.63. The summed E-state index contributed by atoms with van der Waals surface area (Å²) < 4.78 is 5.87. The lowest BCUT2D eigenvalue weighted by atomic mass is 10.0. The molecule has 0 amide bonds. The first-order valence-electron chi connectivity index (χ1n) is 7.22. The zero-order valence-corrected chi connectivity index (χ0v) is 12.8. The van der Waals surface area contributed by atoms with Crippen LogP contribution in [-0.4, -0.2) is 28.7 Å². The lowest BCUT2D eigenvalue weighted by molar-refractivity contribution is 0.0898. The van der Waals surface area contributed by atoms with Crippen LogP contribution in [0.4, 0.5) is 5.82 Å². The second-order valence-corrected chi connectivity index (χ2v) is 6.32. The third-order valence-electron chi connectivity index (χ3n) is 4.14. The van der Waals surface area contributed by atoms with Crippen LogP contribution in [0.1, 0.15) is 36.1 Å². The van der Waals surface area contributed by atoms with E-state index < -0.39 is 0 Å². The van der Waals surface area contributed by atoms with Gasteiger partial charge in [0.25, 0.3) is 0 Å². The van der Waals surface area contributed by atoms with Crippen LogP contribution >= 0.6 is 12.2 Å². The van der Waals surface area contributed by atoms with E-state index >= 15 is 0 Å². The van der Waals surface area contributed by atoms with Crippen molar-refractivity contribution in [3.8, 4) is 0 Å². The summed E-state index contributed by atoms with van der Waals surface area (Å²) in [6.45, 7) is 4.84. The molecule has 2 unspecified atom stereocenters. The Bertz CT molecular complexity index is 542. The van der Waals surface area contributed by atoms with Gasteiger partial charge in [-0.25, -0.2) is 4.98 Å². The van der Waals surface area contributed by atoms with E-state index in [1.165, 1.54) is 12.8 Å². The van der Waals surface area contributed by atoms with Gasteiger partial charge in [-0.15, -0.1) is 0 Å². The molecule has 0 bridgehead atoms. The molecular weight excluding hydrogens is 270 g/mol. The molecule has 1 aromatic heterocycles. The fourth-order valence-corrected chi connectivity index (χ4v) is 3.34. The summed E-state index contributed by atoms with van der Waals surface area (Å²) in [6, 6.07) is 2.34. The molecule has 0 aromatic carbocycles. The smallest absolute Gasteiger partial charge is 0.137 e. The summed E-state index contributed by atoms with van der Waals surface area (Å²) in [7, 11) is 0. The molecule has 1 aliphatic heterocycles. The van der Waals surface area contributed by atoms with E-state index in [0.29, 0.717) is 23.1 Å². The van der Waals surface area contributed by atoms with Crippen LogP contribution < -0.4 is 11.1 Å². The van der Waals surface area contributed by atoms with Crippen molar-refractivity contribution in [2.75, 3.05) is 11.9 Å². The molecule has 108 valence electrons. The minimum atomic E-state index is 0.316. The number of aromatic nitrogens is 1. The van der Waals surface area contributed by atoms with Crippen LogP contribution in [0.25, 0.3) is 0 Å². The van der Waals surface area contributed by atoms with Gasteiger partial charge in [-0.05, 0) is 50.7 Å². The van der Waals surface area contributed by atoms with Crippen molar-refractivity contribution in [1.29, 1.82) is 0 Å². The van der Waals surface area contributed by atoms with Gasteiger partial charge >= 0.3 is 0 Å². The van der Waals surface area contributed by atoms with Crippen LogP contribution in [0.2, 0.25) is 0 Å². The summed E-state index contributed by atoms with van der Waals surface area (Å²) in [5.74, 6) is 1.53. The van der Waals surface area contributed by atoms with E-state index in [2.05, 4.69) is 10.3 Å². The highest BCUT2D eigenvalue weighted by molar-refractivity contribution is 7.80. The number of pyridine rings is 1. The average molecular weight is 291 g/mol. The first-order chi connectivity index (χ1) is 9.56. The van der Waals surface area contributed by atoms with Gasteiger partial charge in [0, 0.05) is 12.3 Å². The maximum atomic E-state index is 5.87. The molecule has 1 aliphatic carbocycles. The van der Waals surface area contributed by atoms with Gasteiger partial charge in [-0.1, -0.05) is 12.2 Å². The number of hydrogen-bond acceptors (Lipinski definition) is 4. The fraction of sp³-hybridized carbons (Fsp3) is 0.600. The van der Waals surface area contributed by atoms with Crippen LogP contribution in [0.3, 0.4) is 0 Å². The predicted molar refractivity (Wildman–Crippen MR) is 84.1 cm³/mol. The Kier molecular flexibility index (Phi) is 3.65. The molecule has 2 heterocycles. The number of aryl methyl sites for hydroxylation is 2. The van der Waals surface area contributed by atoms with Gasteiger partial charge < -0.3 is 15.8 Å². The molecule has 5 heteroatoms. The van der Waals surface area contributed by atoms with Crippen LogP contribution in [0, 0.1) is 19.8 Å². The van der Waals surface area contributed by atoms with Gasteiger partial charge in [0.05, 0.1) is 17.7 Å². The molecule has 1 aromatic rings. The average Bonchev–Trinajstić information content (AvgIpc) is 3.09. The van der Waals surface area contributed by atoms with Gasteiger partial charge in [-0.2, -0.15) is 0 Å². The Hall–Kier alpha value is -1.20. The number of rotatable bonds is 4. The monoisotopic (exact) mass is 291 g/mol. The second kappa shape index (κ2) is 5.30. The molecule has 20 heavy (non-hydrogen) atoms. The molecule has 0 radical (unpaired) electrons. The van der Waals surface area contributed by atoms with Crippen molar-refractivity contribution in [2.45, 2.75) is 45.3 Å². The van der Waals surface area contributed by atoms with E-state index in [-0.39, 0.29) is 0 Å². The molecule has 3 N–H and O–H groups in total. The topological polar surface area (TPSA) is 60.2 Å². The van der Waals surface area contributed by atoms with Gasteiger partial charge in [0.2, 0.25) is 0 Å². The summed E-state index contributed by atoms with van der Waals surface area (Å²) in [4.78, 5) is 5.00. The Balaban J connectivity index is 1.87. The van der Waals surface area contributed by atoms with E-state index in [0.717, 1.165) is 35.7 Å². The van der Waals surface area contributed by atoms with E-state index in [1.54, 1.807) is 0 Å². The molecule has 2 atom stereocenters. The van der Waals surface area contributed by atoms with Crippen molar-refractivity contribution in [3.63, 3.8) is 0 Å². The SMILES string of the molecule is Cc1cc(C)c(C(N)=S)c(NC2CCOC2C2CC2)n1. The van der Waals surface area contributed by atoms with Crippen molar-refractivity contribution in [2.24, 2.45) is 11.7 Å². The minimum absolute atomic E-state index is 0.316. The van der Waals surface area contributed by atoms with E-state index in [4.69, 9.17) is 22.7 Å². The molecule has 1 saturated heterocycles. The summed E-state index contributed by atoms with van der Waals surface area (Å²) in [5, 5.41) is 3.54. The number of hydrogen-bond donors (Lipinski definition) is 2. The third kappa shape index (κ3) is 2.65. The maximum absolute atomic E-state index is 5.87. The van der Waals surface area contributed by atoms with Crippen molar-refractivity contribution < 1.29 is 4.74 Å². The quantitative estimate of drug-likeness (QED) is 0.834. The molecule has 1 saturated carbocycles. The Morgan fingerprint density at radius 2 is 2.15 bits per heavy atom. The summed E-state index contributed by atoms with van der Waals surface area (Å²) >= 11 is 5.18. The fourth-order valence-electron chi connectivity index (χ4n) is 3.08. The van der Waals surface area contributed by atoms with Crippen molar-refractivity contribution in [3.05, 3.63) is 22.9 Å². The largest absolute Gasteiger partial charge is 0.389 e. The zero-order valence-electron chi connectivity index (χ0n) is 12.0. The predicted octanol–water partition coefficient (Wildman–Crippen LogP) is 2.31. The van der Waals surface area contributed by atoms with Crippen LogP contribution in [0.5, 0.6) is 0 Å². The Morgan fingerprint density at radius 1 is 1.40 bits per heavy atom.